The van der Waals surface area contributed by atoms with Crippen LogP contribution in [0.2, 0.25) is 0 Å². The van der Waals surface area contributed by atoms with Crippen LogP contribution < -0.4 is 5.32 Å². The maximum atomic E-state index is 3.62. The number of hydrogen-bond acceptors (Lipinski definition) is 2. The third kappa shape index (κ3) is 5.86. The van der Waals surface area contributed by atoms with Gasteiger partial charge >= 0.3 is 0 Å². The summed E-state index contributed by atoms with van der Waals surface area (Å²) in [4.78, 5) is 2.38. The Morgan fingerprint density at radius 3 is 1.88 bits per heavy atom. The van der Waals surface area contributed by atoms with Crippen LogP contribution in [0.1, 0.15) is 47.0 Å². The first-order chi connectivity index (χ1) is 7.56. The van der Waals surface area contributed by atoms with Crippen molar-refractivity contribution in [2.45, 2.75) is 53.0 Å². The molecule has 2 nitrogen and oxygen atoms in total. The second-order valence-electron chi connectivity index (χ2n) is 5.28. The van der Waals surface area contributed by atoms with Crippen LogP contribution in [-0.2, 0) is 0 Å². The Morgan fingerprint density at radius 2 is 1.50 bits per heavy atom. The zero-order valence-electron chi connectivity index (χ0n) is 12.2. The Morgan fingerprint density at radius 1 is 0.938 bits per heavy atom. The lowest BCUT2D eigenvalue weighted by molar-refractivity contribution is 0.192. The lowest BCUT2D eigenvalue weighted by Gasteiger charge is -2.32. The SMILES string of the molecule is CCC(C)CNCC(C(CC)CC)N(C)C. The minimum absolute atomic E-state index is 0.680. The Hall–Kier alpha value is -0.0800. The van der Waals surface area contributed by atoms with Gasteiger partial charge in [-0.15, -0.1) is 0 Å². The molecule has 98 valence electrons. The summed E-state index contributed by atoms with van der Waals surface area (Å²) < 4.78 is 0. The molecule has 2 unspecified atom stereocenters. The second-order valence-corrected chi connectivity index (χ2v) is 5.28. The maximum absolute atomic E-state index is 3.62. The van der Waals surface area contributed by atoms with E-state index >= 15 is 0 Å². The fourth-order valence-corrected chi connectivity index (χ4v) is 2.23. The molecule has 0 bridgehead atoms. The minimum atomic E-state index is 0.680. The number of rotatable bonds is 9. The predicted molar refractivity (Wildman–Crippen MR) is 73.9 cm³/mol. The molecule has 0 aliphatic carbocycles. The van der Waals surface area contributed by atoms with Crippen molar-refractivity contribution in [2.75, 3.05) is 27.2 Å². The van der Waals surface area contributed by atoms with Gasteiger partial charge in [-0.3, -0.25) is 0 Å². The highest BCUT2D eigenvalue weighted by Gasteiger charge is 2.19. The van der Waals surface area contributed by atoms with Crippen molar-refractivity contribution in [3.05, 3.63) is 0 Å². The highest BCUT2D eigenvalue weighted by atomic mass is 15.1. The molecule has 0 aromatic heterocycles. The van der Waals surface area contributed by atoms with E-state index in [2.05, 4.69) is 52.0 Å². The van der Waals surface area contributed by atoms with E-state index in [0.717, 1.165) is 24.9 Å². The number of nitrogens with one attached hydrogen (secondary N) is 1. The van der Waals surface area contributed by atoms with E-state index in [1.54, 1.807) is 0 Å². The van der Waals surface area contributed by atoms with Gasteiger partial charge in [0.05, 0.1) is 0 Å². The first-order valence-corrected chi connectivity index (χ1v) is 6.93. The molecule has 0 aromatic rings. The van der Waals surface area contributed by atoms with Gasteiger partial charge in [0.2, 0.25) is 0 Å². The van der Waals surface area contributed by atoms with Crippen molar-refractivity contribution in [3.8, 4) is 0 Å². The summed E-state index contributed by atoms with van der Waals surface area (Å²) in [5.74, 6) is 1.61. The van der Waals surface area contributed by atoms with Crippen molar-refractivity contribution in [2.24, 2.45) is 11.8 Å². The van der Waals surface area contributed by atoms with Gasteiger partial charge < -0.3 is 10.2 Å². The van der Waals surface area contributed by atoms with Crippen LogP contribution in [0.15, 0.2) is 0 Å². The Bertz CT molecular complexity index is 153. The van der Waals surface area contributed by atoms with Crippen molar-refractivity contribution in [3.63, 3.8) is 0 Å². The van der Waals surface area contributed by atoms with E-state index < -0.39 is 0 Å². The van der Waals surface area contributed by atoms with Crippen LogP contribution in [0.4, 0.5) is 0 Å². The molecule has 0 amide bonds. The molecule has 0 heterocycles. The zero-order valence-corrected chi connectivity index (χ0v) is 12.2. The molecule has 1 N–H and O–H groups in total. The predicted octanol–water partition coefficient (Wildman–Crippen LogP) is 2.99. The topological polar surface area (TPSA) is 15.3 Å². The Balaban J connectivity index is 4.03. The van der Waals surface area contributed by atoms with Gasteiger partial charge in [-0.2, -0.15) is 0 Å². The van der Waals surface area contributed by atoms with E-state index in [1.807, 2.05) is 0 Å². The largest absolute Gasteiger partial charge is 0.315 e. The van der Waals surface area contributed by atoms with Crippen LogP contribution in [0, 0.1) is 11.8 Å². The normalized spacial score (nSPS) is 15.8. The highest BCUT2D eigenvalue weighted by molar-refractivity contribution is 4.77. The molecule has 0 aromatic carbocycles. The van der Waals surface area contributed by atoms with E-state index in [1.165, 1.54) is 19.3 Å². The maximum Gasteiger partial charge on any atom is 0.0242 e. The number of likely N-dealkylation sites (N-methyl/N-ethyl adjacent to an activating group) is 1. The summed E-state index contributed by atoms with van der Waals surface area (Å²) in [5, 5.41) is 3.62. The molecule has 0 saturated carbocycles. The minimum Gasteiger partial charge on any atom is -0.315 e. The smallest absolute Gasteiger partial charge is 0.0242 e. The first kappa shape index (κ1) is 15.9. The van der Waals surface area contributed by atoms with E-state index in [-0.39, 0.29) is 0 Å². The third-order valence-electron chi connectivity index (χ3n) is 3.80. The molecule has 0 fully saturated rings. The van der Waals surface area contributed by atoms with Crippen LogP contribution in [-0.4, -0.2) is 38.1 Å². The van der Waals surface area contributed by atoms with Crippen molar-refractivity contribution in [1.82, 2.24) is 10.2 Å². The quantitative estimate of drug-likeness (QED) is 0.652. The molecule has 0 radical (unpaired) electrons. The zero-order chi connectivity index (χ0) is 12.6. The van der Waals surface area contributed by atoms with Crippen molar-refractivity contribution in [1.29, 1.82) is 0 Å². The summed E-state index contributed by atoms with van der Waals surface area (Å²) >= 11 is 0. The Kier molecular flexibility index (Phi) is 8.96. The summed E-state index contributed by atoms with van der Waals surface area (Å²) in [5.41, 5.74) is 0. The van der Waals surface area contributed by atoms with Gasteiger partial charge in [0.25, 0.3) is 0 Å². The summed E-state index contributed by atoms with van der Waals surface area (Å²) in [6.07, 6.45) is 3.83. The molecule has 2 heteroatoms. The first-order valence-electron chi connectivity index (χ1n) is 6.93. The van der Waals surface area contributed by atoms with Crippen LogP contribution >= 0.6 is 0 Å². The second kappa shape index (κ2) is 9.00. The molecule has 0 aliphatic heterocycles. The standard InChI is InChI=1S/C14H32N2/c1-7-12(4)10-15-11-14(16(5)6)13(8-2)9-3/h12-15H,7-11H2,1-6H3. The molecular weight excluding hydrogens is 196 g/mol. The molecule has 0 spiro atoms. The number of nitrogens with zero attached hydrogens (tertiary/aromatic N) is 1. The third-order valence-corrected chi connectivity index (χ3v) is 3.80. The summed E-state index contributed by atoms with van der Waals surface area (Å²) in [7, 11) is 4.40. The highest BCUT2D eigenvalue weighted by Crippen LogP contribution is 2.16. The van der Waals surface area contributed by atoms with Crippen molar-refractivity contribution >= 4 is 0 Å². The van der Waals surface area contributed by atoms with Crippen LogP contribution in [0.25, 0.3) is 0 Å². The average molecular weight is 228 g/mol. The summed E-state index contributed by atoms with van der Waals surface area (Å²) in [6, 6.07) is 0.680. The number of hydrogen-bond donors (Lipinski definition) is 1. The van der Waals surface area contributed by atoms with Gasteiger partial charge in [0, 0.05) is 12.6 Å². The fraction of sp³-hybridized carbons (Fsp3) is 1.00. The molecule has 0 aliphatic rings. The van der Waals surface area contributed by atoms with Gasteiger partial charge in [-0.05, 0) is 32.5 Å². The van der Waals surface area contributed by atoms with E-state index in [4.69, 9.17) is 0 Å². The molecular formula is C14H32N2. The molecule has 2 atom stereocenters. The van der Waals surface area contributed by atoms with Gasteiger partial charge in [-0.1, -0.05) is 47.0 Å². The molecule has 0 saturated heterocycles. The van der Waals surface area contributed by atoms with Crippen LogP contribution in [0.5, 0.6) is 0 Å². The summed E-state index contributed by atoms with van der Waals surface area (Å²) in [6.45, 7) is 11.5. The fourth-order valence-electron chi connectivity index (χ4n) is 2.23. The van der Waals surface area contributed by atoms with Crippen molar-refractivity contribution < 1.29 is 0 Å². The Labute approximate surface area is 103 Å². The van der Waals surface area contributed by atoms with Gasteiger partial charge in [0.15, 0.2) is 0 Å². The van der Waals surface area contributed by atoms with Gasteiger partial charge in [0.1, 0.15) is 0 Å². The average Bonchev–Trinajstić information content (AvgIpc) is 2.27. The lowest BCUT2D eigenvalue weighted by Crippen LogP contribution is -2.43. The van der Waals surface area contributed by atoms with E-state index in [0.29, 0.717) is 6.04 Å². The van der Waals surface area contributed by atoms with Crippen LogP contribution in [0.3, 0.4) is 0 Å². The van der Waals surface area contributed by atoms with Gasteiger partial charge in [-0.25, -0.2) is 0 Å². The van der Waals surface area contributed by atoms with E-state index in [9.17, 15) is 0 Å². The lowest BCUT2D eigenvalue weighted by atomic mass is 9.93. The molecule has 0 rings (SSSR count). The molecule has 16 heavy (non-hydrogen) atoms. The monoisotopic (exact) mass is 228 g/mol.